The molecule has 3 N–H and O–H groups in total. The molecule has 10 heteroatoms. The van der Waals surface area contributed by atoms with E-state index in [2.05, 4.69) is 25.8 Å². The minimum absolute atomic E-state index is 0.119. The van der Waals surface area contributed by atoms with E-state index in [0.29, 0.717) is 37.5 Å². The standard InChI is InChI=1S/C19H23F2N5O3/c20-18(21)15-8-12-9-17(24-15)28-6-2-1-5-22-19(27)29-13-4-3-11(7-13)14-10-16(23-12)26-25-14/h8-11,13,18H,1-7H2,(H,22,27)(H2,23,25,26)/t11-,13+/m0/s1. The largest absolute Gasteiger partial charge is 0.478 e. The number of alkyl halides is 2. The Hall–Kier alpha value is -2.91. The Morgan fingerprint density at radius 3 is 2.93 bits per heavy atom. The number of amides is 1. The zero-order valence-electron chi connectivity index (χ0n) is 15.8. The summed E-state index contributed by atoms with van der Waals surface area (Å²) in [7, 11) is 0. The van der Waals surface area contributed by atoms with Gasteiger partial charge in [0.25, 0.3) is 6.43 Å². The minimum atomic E-state index is -2.71. The van der Waals surface area contributed by atoms with Gasteiger partial charge in [0, 0.05) is 36.0 Å². The highest BCUT2D eigenvalue weighted by molar-refractivity contribution is 5.67. The molecule has 0 radical (unpaired) electrons. The van der Waals surface area contributed by atoms with Crippen LogP contribution in [0.2, 0.25) is 0 Å². The summed E-state index contributed by atoms with van der Waals surface area (Å²) in [6.07, 6.45) is 0.448. The number of pyridine rings is 1. The van der Waals surface area contributed by atoms with Crippen LogP contribution in [0.3, 0.4) is 0 Å². The van der Waals surface area contributed by atoms with Gasteiger partial charge in [0.2, 0.25) is 5.88 Å². The number of carbonyl (C=O) groups excluding carboxylic acids is 1. The number of fused-ring (bicyclic) bond motifs is 7. The molecule has 1 saturated carbocycles. The molecule has 4 rings (SSSR count). The summed E-state index contributed by atoms with van der Waals surface area (Å²) in [6.45, 7) is 0.756. The Morgan fingerprint density at radius 1 is 1.17 bits per heavy atom. The number of nitrogens with zero attached hydrogens (tertiary/aromatic N) is 2. The first-order valence-electron chi connectivity index (χ1n) is 9.76. The highest BCUT2D eigenvalue weighted by Crippen LogP contribution is 2.36. The average Bonchev–Trinajstić information content (AvgIpc) is 3.33. The predicted molar refractivity (Wildman–Crippen MR) is 101 cm³/mol. The van der Waals surface area contributed by atoms with E-state index in [1.165, 1.54) is 6.07 Å². The van der Waals surface area contributed by atoms with Crippen molar-refractivity contribution in [1.82, 2.24) is 20.5 Å². The molecule has 2 aromatic rings. The molecular formula is C19H23F2N5O3. The molecule has 3 heterocycles. The fourth-order valence-electron chi connectivity index (χ4n) is 3.66. The maximum atomic E-state index is 13.2. The molecular weight excluding hydrogens is 384 g/mol. The number of hydrogen-bond acceptors (Lipinski definition) is 6. The zero-order valence-corrected chi connectivity index (χ0v) is 15.8. The van der Waals surface area contributed by atoms with Crippen LogP contribution in [0.5, 0.6) is 5.88 Å². The second-order valence-corrected chi connectivity index (χ2v) is 7.27. The topological polar surface area (TPSA) is 101 Å². The highest BCUT2D eigenvalue weighted by Gasteiger charge is 2.30. The highest BCUT2D eigenvalue weighted by atomic mass is 19.3. The van der Waals surface area contributed by atoms with Gasteiger partial charge in [-0.25, -0.2) is 18.6 Å². The van der Waals surface area contributed by atoms with Crippen LogP contribution in [0.15, 0.2) is 18.2 Å². The number of aromatic amines is 1. The molecule has 1 fully saturated rings. The molecule has 0 spiro atoms. The van der Waals surface area contributed by atoms with Gasteiger partial charge in [-0.3, -0.25) is 5.10 Å². The van der Waals surface area contributed by atoms with Crippen molar-refractivity contribution in [3.63, 3.8) is 0 Å². The van der Waals surface area contributed by atoms with Crippen molar-refractivity contribution in [2.24, 2.45) is 0 Å². The fraction of sp³-hybridized carbons (Fsp3) is 0.526. The van der Waals surface area contributed by atoms with Crippen LogP contribution < -0.4 is 15.4 Å². The van der Waals surface area contributed by atoms with Crippen molar-refractivity contribution in [2.75, 3.05) is 18.5 Å². The summed E-state index contributed by atoms with van der Waals surface area (Å²) in [5, 5.41) is 13.0. The lowest BCUT2D eigenvalue weighted by Crippen LogP contribution is -2.29. The van der Waals surface area contributed by atoms with E-state index in [-0.39, 0.29) is 23.6 Å². The van der Waals surface area contributed by atoms with Crippen LogP contribution in [-0.4, -0.2) is 40.5 Å². The van der Waals surface area contributed by atoms with Gasteiger partial charge in [0.1, 0.15) is 11.8 Å². The van der Waals surface area contributed by atoms with Gasteiger partial charge in [-0.05, 0) is 38.2 Å². The molecule has 2 aromatic heterocycles. The first kappa shape index (κ1) is 19.4. The molecule has 1 amide bonds. The maximum Gasteiger partial charge on any atom is 0.407 e. The van der Waals surface area contributed by atoms with E-state index in [1.807, 2.05) is 6.07 Å². The van der Waals surface area contributed by atoms with E-state index in [0.717, 1.165) is 25.0 Å². The second-order valence-electron chi connectivity index (χ2n) is 7.27. The van der Waals surface area contributed by atoms with E-state index in [9.17, 15) is 13.6 Å². The van der Waals surface area contributed by atoms with E-state index >= 15 is 0 Å². The van der Waals surface area contributed by atoms with E-state index in [4.69, 9.17) is 9.47 Å². The first-order valence-corrected chi connectivity index (χ1v) is 9.76. The van der Waals surface area contributed by atoms with Gasteiger partial charge in [-0.15, -0.1) is 0 Å². The normalized spacial score (nSPS) is 22.7. The van der Waals surface area contributed by atoms with Gasteiger partial charge in [0.15, 0.2) is 5.82 Å². The number of anilines is 2. The number of H-pyrrole nitrogens is 1. The molecule has 0 unspecified atom stereocenters. The quantitative estimate of drug-likeness (QED) is 0.660. The van der Waals surface area contributed by atoms with Crippen molar-refractivity contribution in [3.8, 4) is 5.88 Å². The zero-order chi connectivity index (χ0) is 20.2. The number of carbonyl (C=O) groups is 1. The summed E-state index contributed by atoms with van der Waals surface area (Å²) in [5.41, 5.74) is 0.988. The lowest BCUT2D eigenvalue weighted by atomic mass is 10.0. The smallest absolute Gasteiger partial charge is 0.407 e. The van der Waals surface area contributed by atoms with Crippen LogP contribution in [0.25, 0.3) is 0 Å². The molecule has 6 bridgehead atoms. The van der Waals surface area contributed by atoms with Crippen LogP contribution >= 0.6 is 0 Å². The van der Waals surface area contributed by atoms with Gasteiger partial charge >= 0.3 is 6.09 Å². The van der Waals surface area contributed by atoms with Crippen molar-refractivity contribution >= 4 is 17.6 Å². The van der Waals surface area contributed by atoms with Crippen molar-refractivity contribution < 1.29 is 23.0 Å². The van der Waals surface area contributed by atoms with Crippen molar-refractivity contribution in [3.05, 3.63) is 29.6 Å². The number of aromatic nitrogens is 3. The van der Waals surface area contributed by atoms with E-state index < -0.39 is 12.5 Å². The lowest BCUT2D eigenvalue weighted by Gasteiger charge is -2.14. The third-order valence-electron chi connectivity index (χ3n) is 5.10. The van der Waals surface area contributed by atoms with Crippen molar-refractivity contribution in [2.45, 2.75) is 50.6 Å². The number of nitrogens with one attached hydrogen (secondary N) is 3. The van der Waals surface area contributed by atoms with Crippen LogP contribution in [0.1, 0.15) is 55.8 Å². The summed E-state index contributed by atoms with van der Waals surface area (Å²) in [6, 6.07) is 4.71. The lowest BCUT2D eigenvalue weighted by molar-refractivity contribution is 0.0999. The predicted octanol–water partition coefficient (Wildman–Crippen LogP) is 4.02. The van der Waals surface area contributed by atoms with Gasteiger partial charge in [0.05, 0.1) is 6.61 Å². The third kappa shape index (κ3) is 4.93. The van der Waals surface area contributed by atoms with Crippen LogP contribution in [-0.2, 0) is 4.74 Å². The number of alkyl carbamates (subject to hydrolysis) is 1. The molecule has 0 aromatic carbocycles. The summed E-state index contributed by atoms with van der Waals surface area (Å²) < 4.78 is 37.5. The van der Waals surface area contributed by atoms with Crippen LogP contribution in [0, 0.1) is 0 Å². The molecule has 2 aliphatic rings. The molecule has 1 aliphatic carbocycles. The Kier molecular flexibility index (Phi) is 5.77. The molecule has 2 atom stereocenters. The first-order chi connectivity index (χ1) is 14.1. The summed E-state index contributed by atoms with van der Waals surface area (Å²) >= 11 is 0. The Labute approximate surface area is 166 Å². The second kappa shape index (κ2) is 8.62. The third-order valence-corrected chi connectivity index (χ3v) is 5.10. The molecule has 156 valence electrons. The summed E-state index contributed by atoms with van der Waals surface area (Å²) in [5.74, 6) is 0.830. The molecule has 8 nitrogen and oxygen atoms in total. The van der Waals surface area contributed by atoms with Gasteiger partial charge in [-0.1, -0.05) is 0 Å². The molecule has 29 heavy (non-hydrogen) atoms. The van der Waals surface area contributed by atoms with Crippen molar-refractivity contribution in [1.29, 1.82) is 0 Å². The monoisotopic (exact) mass is 407 g/mol. The Bertz CT molecular complexity index is 860. The number of rotatable bonds is 1. The number of ether oxygens (including phenoxy) is 2. The summed E-state index contributed by atoms with van der Waals surface area (Å²) in [4.78, 5) is 15.8. The Balaban J connectivity index is 1.57. The number of halogens is 2. The van der Waals surface area contributed by atoms with Gasteiger partial charge in [-0.2, -0.15) is 5.10 Å². The Morgan fingerprint density at radius 2 is 2.07 bits per heavy atom. The molecule has 1 aliphatic heterocycles. The fourth-order valence-corrected chi connectivity index (χ4v) is 3.66. The SMILES string of the molecule is O=C1NCCCCOc2cc(cc(C(F)F)n2)Nc2cc([nH]n2)[C@H]2CC[C@H](C2)O1. The average molecular weight is 407 g/mol. The van der Waals surface area contributed by atoms with E-state index in [1.54, 1.807) is 6.07 Å². The minimum Gasteiger partial charge on any atom is -0.478 e. The van der Waals surface area contributed by atoms with Gasteiger partial charge < -0.3 is 20.1 Å². The maximum absolute atomic E-state index is 13.2. The molecule has 0 saturated heterocycles. The van der Waals surface area contributed by atoms with Crippen LogP contribution in [0.4, 0.5) is 25.1 Å². The number of hydrogen-bond donors (Lipinski definition) is 3.